The van der Waals surface area contributed by atoms with Crippen molar-refractivity contribution in [1.82, 2.24) is 4.90 Å². The summed E-state index contributed by atoms with van der Waals surface area (Å²) in [6, 6.07) is 9.80. The number of carboxylic acid groups (broad SMARTS) is 1. The fourth-order valence-electron chi connectivity index (χ4n) is 3.09. The lowest BCUT2D eigenvalue weighted by Gasteiger charge is -2.33. The number of carbonyl (C=O) groups is 2. The van der Waals surface area contributed by atoms with Crippen LogP contribution in [0.1, 0.15) is 38.7 Å². The van der Waals surface area contributed by atoms with Crippen LogP contribution in [0.5, 0.6) is 0 Å². The van der Waals surface area contributed by atoms with Crippen LogP contribution in [0.2, 0.25) is 0 Å². The molecule has 1 aromatic rings. The normalized spacial score (nSPS) is 18.8. The molecule has 1 N–H and O–H groups in total. The highest BCUT2D eigenvalue weighted by molar-refractivity contribution is 5.83. The third-order valence-corrected chi connectivity index (χ3v) is 4.12. The van der Waals surface area contributed by atoms with Gasteiger partial charge in [0.25, 0.3) is 0 Å². The molecule has 1 unspecified atom stereocenters. The summed E-state index contributed by atoms with van der Waals surface area (Å²) >= 11 is 0. The topological polar surface area (TPSA) is 57.6 Å². The molecule has 1 amide bonds. The van der Waals surface area contributed by atoms with Crippen molar-refractivity contribution in [3.05, 3.63) is 35.9 Å². The van der Waals surface area contributed by atoms with E-state index in [4.69, 9.17) is 5.11 Å². The number of likely N-dealkylation sites (tertiary alicyclic amines) is 1. The van der Waals surface area contributed by atoms with E-state index in [2.05, 4.69) is 0 Å². The third-order valence-electron chi connectivity index (χ3n) is 4.12. The minimum atomic E-state index is -0.833. The SMILES string of the molecule is CC(C)(Cc1ccccc1)C(=O)N1CCCC1CC(=O)O. The maximum Gasteiger partial charge on any atom is 0.305 e. The number of carbonyl (C=O) groups excluding carboxylic acids is 1. The minimum absolute atomic E-state index is 0.0488. The first-order valence-corrected chi connectivity index (χ1v) is 7.47. The van der Waals surface area contributed by atoms with Crippen molar-refractivity contribution in [2.45, 2.75) is 45.6 Å². The van der Waals surface area contributed by atoms with Gasteiger partial charge >= 0.3 is 5.97 Å². The Morgan fingerprint density at radius 3 is 2.57 bits per heavy atom. The standard InChI is InChI=1S/C17H23NO3/c1-17(2,12-13-7-4-3-5-8-13)16(21)18-10-6-9-14(18)11-15(19)20/h3-5,7-8,14H,6,9-12H2,1-2H3,(H,19,20). The fourth-order valence-corrected chi connectivity index (χ4v) is 3.09. The number of amides is 1. The average Bonchev–Trinajstić information content (AvgIpc) is 2.85. The van der Waals surface area contributed by atoms with Gasteiger partial charge in [-0.25, -0.2) is 0 Å². The zero-order valence-electron chi connectivity index (χ0n) is 12.7. The molecule has 1 atom stereocenters. The summed E-state index contributed by atoms with van der Waals surface area (Å²) in [4.78, 5) is 25.5. The molecular weight excluding hydrogens is 266 g/mol. The highest BCUT2D eigenvalue weighted by Crippen LogP contribution is 2.30. The monoisotopic (exact) mass is 289 g/mol. The predicted molar refractivity (Wildman–Crippen MR) is 80.9 cm³/mol. The molecule has 1 aliphatic heterocycles. The van der Waals surface area contributed by atoms with E-state index in [1.807, 2.05) is 44.2 Å². The molecule has 0 bridgehead atoms. The van der Waals surface area contributed by atoms with Gasteiger partial charge in [0.15, 0.2) is 0 Å². The Labute approximate surface area is 125 Å². The number of rotatable bonds is 5. The number of benzene rings is 1. The van der Waals surface area contributed by atoms with E-state index in [9.17, 15) is 9.59 Å². The van der Waals surface area contributed by atoms with E-state index >= 15 is 0 Å². The molecular formula is C17H23NO3. The van der Waals surface area contributed by atoms with Crippen LogP contribution in [-0.4, -0.2) is 34.5 Å². The number of aliphatic carboxylic acids is 1. The van der Waals surface area contributed by atoms with Crippen molar-refractivity contribution >= 4 is 11.9 Å². The number of nitrogens with zero attached hydrogens (tertiary/aromatic N) is 1. The predicted octanol–water partition coefficient (Wildman–Crippen LogP) is 2.72. The molecule has 1 fully saturated rings. The maximum absolute atomic E-state index is 12.8. The largest absolute Gasteiger partial charge is 0.481 e. The summed E-state index contributed by atoms with van der Waals surface area (Å²) in [5.41, 5.74) is 0.618. The highest BCUT2D eigenvalue weighted by Gasteiger charge is 2.38. The quantitative estimate of drug-likeness (QED) is 0.906. The van der Waals surface area contributed by atoms with Crippen LogP contribution in [0, 0.1) is 5.41 Å². The van der Waals surface area contributed by atoms with Gasteiger partial charge in [-0.3, -0.25) is 9.59 Å². The van der Waals surface area contributed by atoms with Gasteiger partial charge in [-0.05, 0) is 24.8 Å². The second-order valence-electron chi connectivity index (χ2n) is 6.44. The third kappa shape index (κ3) is 3.84. The smallest absolute Gasteiger partial charge is 0.305 e. The van der Waals surface area contributed by atoms with Crippen LogP contribution in [-0.2, 0) is 16.0 Å². The summed E-state index contributed by atoms with van der Waals surface area (Å²) in [6.07, 6.45) is 2.40. The van der Waals surface area contributed by atoms with Gasteiger partial charge in [-0.15, -0.1) is 0 Å². The van der Waals surface area contributed by atoms with E-state index in [1.54, 1.807) is 4.90 Å². The first-order chi connectivity index (χ1) is 9.90. The molecule has 4 nitrogen and oxygen atoms in total. The Kier molecular flexibility index (Phi) is 4.66. The highest BCUT2D eigenvalue weighted by atomic mass is 16.4. The lowest BCUT2D eigenvalue weighted by Crippen LogP contribution is -2.45. The molecule has 0 aliphatic carbocycles. The summed E-state index contributed by atoms with van der Waals surface area (Å²) < 4.78 is 0. The molecule has 1 aliphatic rings. The van der Waals surface area contributed by atoms with Gasteiger partial charge < -0.3 is 10.0 Å². The molecule has 2 rings (SSSR count). The number of hydrogen-bond acceptors (Lipinski definition) is 2. The second kappa shape index (κ2) is 6.29. The zero-order chi connectivity index (χ0) is 15.5. The Bertz CT molecular complexity index is 510. The zero-order valence-corrected chi connectivity index (χ0v) is 12.7. The van der Waals surface area contributed by atoms with Crippen molar-refractivity contribution in [2.24, 2.45) is 5.41 Å². The van der Waals surface area contributed by atoms with Crippen molar-refractivity contribution in [1.29, 1.82) is 0 Å². The van der Waals surface area contributed by atoms with Crippen LogP contribution in [0.4, 0.5) is 0 Å². The van der Waals surface area contributed by atoms with Crippen molar-refractivity contribution in [3.8, 4) is 0 Å². The Morgan fingerprint density at radius 1 is 1.29 bits per heavy atom. The van der Waals surface area contributed by atoms with Crippen LogP contribution >= 0.6 is 0 Å². The van der Waals surface area contributed by atoms with E-state index < -0.39 is 11.4 Å². The van der Waals surface area contributed by atoms with Gasteiger partial charge in [0.05, 0.1) is 6.42 Å². The Hall–Kier alpha value is -1.84. The second-order valence-corrected chi connectivity index (χ2v) is 6.44. The maximum atomic E-state index is 12.8. The molecule has 0 spiro atoms. The molecule has 21 heavy (non-hydrogen) atoms. The van der Waals surface area contributed by atoms with E-state index in [0.29, 0.717) is 13.0 Å². The van der Waals surface area contributed by atoms with Crippen LogP contribution in [0.15, 0.2) is 30.3 Å². The number of hydrogen-bond donors (Lipinski definition) is 1. The first-order valence-electron chi connectivity index (χ1n) is 7.47. The summed E-state index contributed by atoms with van der Waals surface area (Å²) in [5, 5.41) is 8.97. The molecule has 0 radical (unpaired) electrons. The van der Waals surface area contributed by atoms with Gasteiger partial charge in [0, 0.05) is 18.0 Å². The fraction of sp³-hybridized carbons (Fsp3) is 0.529. The molecule has 4 heteroatoms. The van der Waals surface area contributed by atoms with E-state index in [0.717, 1.165) is 18.4 Å². The Balaban J connectivity index is 2.08. The summed E-state index contributed by atoms with van der Waals surface area (Å²) in [7, 11) is 0. The van der Waals surface area contributed by atoms with Crippen LogP contribution in [0.3, 0.4) is 0 Å². The molecule has 0 aromatic heterocycles. The van der Waals surface area contributed by atoms with Crippen LogP contribution < -0.4 is 0 Å². The molecule has 114 valence electrons. The molecule has 1 aromatic carbocycles. The van der Waals surface area contributed by atoms with Gasteiger partial charge in [-0.2, -0.15) is 0 Å². The molecule has 0 saturated carbocycles. The van der Waals surface area contributed by atoms with Crippen molar-refractivity contribution in [3.63, 3.8) is 0 Å². The van der Waals surface area contributed by atoms with E-state index in [-0.39, 0.29) is 18.4 Å². The van der Waals surface area contributed by atoms with E-state index in [1.165, 1.54) is 0 Å². The number of carboxylic acids is 1. The van der Waals surface area contributed by atoms with Crippen molar-refractivity contribution < 1.29 is 14.7 Å². The van der Waals surface area contributed by atoms with Gasteiger partial charge in [0.2, 0.25) is 5.91 Å². The lowest BCUT2D eigenvalue weighted by atomic mass is 9.84. The average molecular weight is 289 g/mol. The lowest BCUT2D eigenvalue weighted by molar-refractivity contribution is -0.144. The van der Waals surface area contributed by atoms with Crippen LogP contribution in [0.25, 0.3) is 0 Å². The Morgan fingerprint density at radius 2 is 1.95 bits per heavy atom. The first kappa shape index (κ1) is 15.5. The summed E-state index contributed by atoms with van der Waals surface area (Å²) in [5.74, 6) is -0.768. The molecule has 1 saturated heterocycles. The van der Waals surface area contributed by atoms with Gasteiger partial charge in [0.1, 0.15) is 0 Å². The summed E-state index contributed by atoms with van der Waals surface area (Å²) in [6.45, 7) is 4.56. The van der Waals surface area contributed by atoms with Gasteiger partial charge in [-0.1, -0.05) is 44.2 Å². The molecule has 1 heterocycles. The minimum Gasteiger partial charge on any atom is -0.481 e. The van der Waals surface area contributed by atoms with Crippen molar-refractivity contribution in [2.75, 3.05) is 6.54 Å².